The fraction of sp³-hybridized carbons (Fsp3) is 0.375. The van der Waals surface area contributed by atoms with Crippen LogP contribution in [-0.4, -0.2) is 34.3 Å². The number of amides is 1. The minimum atomic E-state index is -0.482. The number of nitrogens with zero attached hydrogens (tertiary/aromatic N) is 2. The first kappa shape index (κ1) is 16.2. The van der Waals surface area contributed by atoms with Crippen LogP contribution in [0, 0.1) is 5.82 Å². The van der Waals surface area contributed by atoms with E-state index in [1.807, 2.05) is 0 Å². The smallest absolute Gasteiger partial charge is 0.251 e. The summed E-state index contributed by atoms with van der Waals surface area (Å²) in [5.74, 6) is -0.772. The molecule has 1 heterocycles. The molecule has 0 radical (unpaired) electrons. The van der Waals surface area contributed by atoms with E-state index in [0.29, 0.717) is 24.3 Å². The molecule has 1 aromatic carbocycles. The summed E-state index contributed by atoms with van der Waals surface area (Å²) in [5, 5.41) is 10.0. The lowest BCUT2D eigenvalue weighted by Crippen LogP contribution is -2.41. The van der Waals surface area contributed by atoms with Crippen molar-refractivity contribution in [3.63, 3.8) is 0 Å². The van der Waals surface area contributed by atoms with Gasteiger partial charge in [-0.3, -0.25) is 4.79 Å². The normalized spacial score (nSPS) is 11.5. The molecule has 0 unspecified atom stereocenters. The van der Waals surface area contributed by atoms with Crippen LogP contribution in [0.3, 0.4) is 0 Å². The quantitative estimate of drug-likeness (QED) is 0.832. The molecule has 2 N–H and O–H groups in total. The summed E-state index contributed by atoms with van der Waals surface area (Å²) in [6, 6.07) is 6.07. The molecule has 0 fully saturated rings. The van der Waals surface area contributed by atoms with E-state index >= 15 is 0 Å². The Balaban J connectivity index is 1.95. The molecule has 0 spiro atoms. The van der Waals surface area contributed by atoms with E-state index in [4.69, 9.17) is 0 Å². The second-order valence-electron chi connectivity index (χ2n) is 6.05. The zero-order valence-corrected chi connectivity index (χ0v) is 13.1. The average molecular weight is 304 g/mol. The second-order valence-corrected chi connectivity index (χ2v) is 6.05. The number of nitrogens with one attached hydrogen (secondary N) is 2. The van der Waals surface area contributed by atoms with Crippen LogP contribution in [0.4, 0.5) is 4.39 Å². The molecule has 5 nitrogen and oxygen atoms in total. The van der Waals surface area contributed by atoms with Crippen LogP contribution in [0.2, 0.25) is 0 Å². The highest BCUT2D eigenvalue weighted by Gasteiger charge is 2.12. The molecule has 0 aliphatic carbocycles. The molecule has 0 aliphatic rings. The summed E-state index contributed by atoms with van der Waals surface area (Å²) >= 11 is 0. The molecular weight excluding hydrogens is 283 g/mol. The van der Waals surface area contributed by atoms with E-state index in [1.165, 1.54) is 10.7 Å². The number of carbonyl (C=O) groups is 1. The molecular formula is C16H21FN4O. The Labute approximate surface area is 129 Å². The maximum absolute atomic E-state index is 14.1. The molecule has 0 aliphatic heterocycles. The van der Waals surface area contributed by atoms with Gasteiger partial charge < -0.3 is 10.6 Å². The SMILES string of the molecule is CC(C)(C)NCCNC(=O)c1ccc(-n2cccn2)c(F)c1. The summed E-state index contributed by atoms with van der Waals surface area (Å²) in [6.07, 6.45) is 3.22. The van der Waals surface area contributed by atoms with Gasteiger partial charge in [0.25, 0.3) is 5.91 Å². The van der Waals surface area contributed by atoms with Crippen molar-refractivity contribution in [2.24, 2.45) is 0 Å². The first-order valence-electron chi connectivity index (χ1n) is 7.19. The van der Waals surface area contributed by atoms with Gasteiger partial charge in [0, 0.05) is 36.6 Å². The Morgan fingerprint density at radius 3 is 2.68 bits per heavy atom. The molecule has 0 atom stereocenters. The van der Waals surface area contributed by atoms with E-state index in [0.717, 1.165) is 0 Å². The van der Waals surface area contributed by atoms with Gasteiger partial charge in [-0.1, -0.05) is 0 Å². The van der Waals surface area contributed by atoms with Crippen LogP contribution in [0.15, 0.2) is 36.7 Å². The van der Waals surface area contributed by atoms with Gasteiger partial charge in [0.15, 0.2) is 0 Å². The molecule has 0 saturated heterocycles. The van der Waals surface area contributed by atoms with Crippen LogP contribution in [0.1, 0.15) is 31.1 Å². The third-order valence-electron chi connectivity index (χ3n) is 3.03. The highest BCUT2D eigenvalue weighted by Crippen LogP contribution is 2.14. The molecule has 2 aromatic rings. The maximum atomic E-state index is 14.1. The van der Waals surface area contributed by atoms with Crippen molar-refractivity contribution >= 4 is 5.91 Å². The number of aromatic nitrogens is 2. The molecule has 1 amide bonds. The first-order chi connectivity index (χ1) is 10.4. The Morgan fingerprint density at radius 2 is 2.09 bits per heavy atom. The van der Waals surface area contributed by atoms with Crippen molar-refractivity contribution < 1.29 is 9.18 Å². The van der Waals surface area contributed by atoms with Crippen LogP contribution in [-0.2, 0) is 0 Å². The van der Waals surface area contributed by atoms with E-state index in [2.05, 4.69) is 36.5 Å². The van der Waals surface area contributed by atoms with Crippen molar-refractivity contribution in [1.82, 2.24) is 20.4 Å². The second kappa shape index (κ2) is 6.70. The summed E-state index contributed by atoms with van der Waals surface area (Å²) < 4.78 is 15.5. The highest BCUT2D eigenvalue weighted by molar-refractivity contribution is 5.94. The topological polar surface area (TPSA) is 58.9 Å². The van der Waals surface area contributed by atoms with Gasteiger partial charge in [0.2, 0.25) is 0 Å². The minimum absolute atomic E-state index is 0.00223. The average Bonchev–Trinajstić information content (AvgIpc) is 2.96. The minimum Gasteiger partial charge on any atom is -0.351 e. The van der Waals surface area contributed by atoms with Crippen molar-refractivity contribution in [2.75, 3.05) is 13.1 Å². The van der Waals surface area contributed by atoms with Gasteiger partial charge >= 0.3 is 0 Å². The van der Waals surface area contributed by atoms with Gasteiger partial charge in [-0.25, -0.2) is 9.07 Å². The van der Waals surface area contributed by atoms with Crippen LogP contribution < -0.4 is 10.6 Å². The molecule has 0 saturated carbocycles. The van der Waals surface area contributed by atoms with Gasteiger partial charge in [-0.15, -0.1) is 0 Å². The fourth-order valence-corrected chi connectivity index (χ4v) is 1.96. The summed E-state index contributed by atoms with van der Waals surface area (Å²) in [4.78, 5) is 12.0. The Kier molecular flexibility index (Phi) is 4.92. The fourth-order valence-electron chi connectivity index (χ4n) is 1.96. The molecule has 1 aromatic heterocycles. The Bertz CT molecular complexity index is 632. The lowest BCUT2D eigenvalue weighted by Gasteiger charge is -2.20. The third-order valence-corrected chi connectivity index (χ3v) is 3.03. The molecule has 22 heavy (non-hydrogen) atoms. The molecule has 118 valence electrons. The number of hydrogen-bond donors (Lipinski definition) is 2. The molecule has 0 bridgehead atoms. The number of hydrogen-bond acceptors (Lipinski definition) is 3. The third kappa shape index (κ3) is 4.39. The zero-order chi connectivity index (χ0) is 16.2. The highest BCUT2D eigenvalue weighted by atomic mass is 19.1. The van der Waals surface area contributed by atoms with Gasteiger partial charge in [-0.05, 0) is 45.0 Å². The predicted molar refractivity (Wildman–Crippen MR) is 83.6 cm³/mol. The van der Waals surface area contributed by atoms with Crippen LogP contribution in [0.25, 0.3) is 5.69 Å². The summed E-state index contributed by atoms with van der Waals surface area (Å²) in [5.41, 5.74) is 0.613. The van der Waals surface area contributed by atoms with E-state index in [1.54, 1.807) is 30.6 Å². The maximum Gasteiger partial charge on any atom is 0.251 e. The van der Waals surface area contributed by atoms with E-state index in [-0.39, 0.29) is 11.4 Å². The Hall–Kier alpha value is -2.21. The van der Waals surface area contributed by atoms with Crippen LogP contribution in [0.5, 0.6) is 0 Å². The number of benzene rings is 1. The lowest BCUT2D eigenvalue weighted by atomic mass is 10.1. The summed E-state index contributed by atoms with van der Waals surface area (Å²) in [6.45, 7) is 7.30. The van der Waals surface area contributed by atoms with Crippen molar-refractivity contribution in [1.29, 1.82) is 0 Å². The number of carbonyl (C=O) groups excluding carboxylic acids is 1. The van der Waals surface area contributed by atoms with E-state index < -0.39 is 5.82 Å². The lowest BCUT2D eigenvalue weighted by molar-refractivity contribution is 0.0952. The van der Waals surface area contributed by atoms with Crippen molar-refractivity contribution in [2.45, 2.75) is 26.3 Å². The standard InChI is InChI=1S/C16H21FN4O/c1-16(2,3)19-9-8-18-15(22)12-5-6-14(13(17)11-12)21-10-4-7-20-21/h4-7,10-11,19H,8-9H2,1-3H3,(H,18,22). The zero-order valence-electron chi connectivity index (χ0n) is 13.1. The summed E-state index contributed by atoms with van der Waals surface area (Å²) in [7, 11) is 0. The van der Waals surface area contributed by atoms with E-state index in [9.17, 15) is 9.18 Å². The Morgan fingerprint density at radius 1 is 1.32 bits per heavy atom. The monoisotopic (exact) mass is 304 g/mol. The van der Waals surface area contributed by atoms with Gasteiger partial charge in [-0.2, -0.15) is 5.10 Å². The van der Waals surface area contributed by atoms with Crippen molar-refractivity contribution in [3.8, 4) is 5.69 Å². The van der Waals surface area contributed by atoms with Crippen LogP contribution >= 0.6 is 0 Å². The van der Waals surface area contributed by atoms with Gasteiger partial charge in [0.05, 0.1) is 0 Å². The predicted octanol–water partition coefficient (Wildman–Crippen LogP) is 2.13. The number of halogens is 1. The van der Waals surface area contributed by atoms with Gasteiger partial charge in [0.1, 0.15) is 11.5 Å². The molecule has 6 heteroatoms. The first-order valence-corrected chi connectivity index (χ1v) is 7.19. The largest absolute Gasteiger partial charge is 0.351 e. The number of rotatable bonds is 5. The van der Waals surface area contributed by atoms with Crippen molar-refractivity contribution in [3.05, 3.63) is 48.0 Å². The molecule has 2 rings (SSSR count).